The zero-order valence-corrected chi connectivity index (χ0v) is 15.0. The fourth-order valence-corrected chi connectivity index (χ4v) is 3.12. The lowest BCUT2D eigenvalue weighted by molar-refractivity contribution is -0.125. The lowest BCUT2D eigenvalue weighted by Crippen LogP contribution is -2.45. The van der Waals surface area contributed by atoms with Crippen LogP contribution >= 0.6 is 0 Å². The van der Waals surface area contributed by atoms with Gasteiger partial charge in [-0.25, -0.2) is 10.9 Å². The third-order valence-corrected chi connectivity index (χ3v) is 4.59. The summed E-state index contributed by atoms with van der Waals surface area (Å²) in [5.74, 6) is -0.422. The summed E-state index contributed by atoms with van der Waals surface area (Å²) in [6, 6.07) is 15.5. The van der Waals surface area contributed by atoms with Crippen LogP contribution in [0.4, 0.5) is 5.69 Å². The largest absolute Gasteiger partial charge is 0.346 e. The van der Waals surface area contributed by atoms with Crippen LogP contribution in [0.3, 0.4) is 0 Å². The number of hydrazine groups is 1. The Balaban J connectivity index is 1.49. The molecule has 2 atom stereocenters. The highest BCUT2D eigenvalue weighted by molar-refractivity contribution is 5.96. The monoisotopic (exact) mass is 352 g/mol. The van der Waals surface area contributed by atoms with Crippen molar-refractivity contribution in [3.05, 3.63) is 65.2 Å². The Bertz CT molecular complexity index is 771. The van der Waals surface area contributed by atoms with Gasteiger partial charge in [0.15, 0.2) is 0 Å². The molecule has 136 valence electrons. The van der Waals surface area contributed by atoms with Crippen LogP contribution in [0.1, 0.15) is 29.2 Å². The van der Waals surface area contributed by atoms with Crippen molar-refractivity contribution in [2.75, 3.05) is 11.9 Å². The number of rotatable bonds is 5. The number of nitrogens with one attached hydrogen (secondary N) is 4. The van der Waals surface area contributed by atoms with E-state index in [1.54, 1.807) is 0 Å². The predicted octanol–water partition coefficient (Wildman–Crippen LogP) is 1.97. The molecular formula is C20H24N4O2. The smallest absolute Gasteiger partial charge is 0.243 e. The van der Waals surface area contributed by atoms with E-state index in [9.17, 15) is 9.59 Å². The molecule has 6 heteroatoms. The lowest BCUT2D eigenvalue weighted by Gasteiger charge is -2.13. The zero-order valence-electron chi connectivity index (χ0n) is 15.0. The second-order valence-electron chi connectivity index (χ2n) is 6.57. The van der Waals surface area contributed by atoms with E-state index in [0.29, 0.717) is 6.42 Å². The van der Waals surface area contributed by atoms with Crippen LogP contribution in [0.25, 0.3) is 0 Å². The van der Waals surface area contributed by atoms with E-state index in [2.05, 4.69) is 21.5 Å². The van der Waals surface area contributed by atoms with E-state index in [0.717, 1.165) is 22.4 Å². The maximum absolute atomic E-state index is 12.3. The fraction of sp³-hybridized carbons (Fsp3) is 0.300. The molecule has 1 aliphatic heterocycles. The van der Waals surface area contributed by atoms with Crippen LogP contribution in [0.5, 0.6) is 0 Å². The molecule has 0 spiro atoms. The summed E-state index contributed by atoms with van der Waals surface area (Å²) in [7, 11) is 0. The molecule has 2 unspecified atom stereocenters. The summed E-state index contributed by atoms with van der Waals surface area (Å²) >= 11 is 0. The molecular weight excluding hydrogens is 328 g/mol. The summed E-state index contributed by atoms with van der Waals surface area (Å²) in [6.07, 6.45) is 0.633. The van der Waals surface area contributed by atoms with Gasteiger partial charge in [-0.2, -0.15) is 0 Å². The van der Waals surface area contributed by atoms with Gasteiger partial charge in [0.25, 0.3) is 0 Å². The molecule has 0 aliphatic carbocycles. The zero-order chi connectivity index (χ0) is 18.5. The van der Waals surface area contributed by atoms with Crippen LogP contribution in [-0.2, 0) is 9.59 Å². The highest BCUT2D eigenvalue weighted by Crippen LogP contribution is 2.22. The Kier molecular flexibility index (Phi) is 5.65. The van der Waals surface area contributed by atoms with E-state index >= 15 is 0 Å². The van der Waals surface area contributed by atoms with Gasteiger partial charge >= 0.3 is 0 Å². The maximum atomic E-state index is 12.3. The number of hydrogen-bond acceptors (Lipinski definition) is 4. The standard InChI is InChI=1S/C20H24N4O2/c1-13-7-6-8-14(2)19(13)22-18(25)12-21-20(26)17-11-16(23-24-17)15-9-4-3-5-10-15/h3-10,16-17,23-24H,11-12H2,1-2H3,(H,21,26)(H,22,25). The van der Waals surface area contributed by atoms with Gasteiger partial charge in [0.2, 0.25) is 11.8 Å². The number of hydrogen-bond donors (Lipinski definition) is 4. The van der Waals surface area contributed by atoms with Crippen molar-refractivity contribution in [2.45, 2.75) is 32.4 Å². The summed E-state index contributed by atoms with van der Waals surface area (Å²) < 4.78 is 0. The Labute approximate surface area is 153 Å². The summed E-state index contributed by atoms with van der Waals surface area (Å²) in [5, 5.41) is 5.57. The first kappa shape index (κ1) is 18.1. The SMILES string of the molecule is Cc1cccc(C)c1NC(=O)CNC(=O)C1CC(c2ccccc2)NN1. The Morgan fingerprint density at radius 2 is 1.69 bits per heavy atom. The number of para-hydroxylation sites is 1. The normalized spacial score (nSPS) is 19.2. The second kappa shape index (κ2) is 8.12. The third kappa shape index (κ3) is 4.28. The molecule has 1 heterocycles. The molecule has 1 saturated heterocycles. The molecule has 3 rings (SSSR count). The molecule has 6 nitrogen and oxygen atoms in total. The fourth-order valence-electron chi connectivity index (χ4n) is 3.12. The van der Waals surface area contributed by atoms with Crippen LogP contribution in [-0.4, -0.2) is 24.4 Å². The summed E-state index contributed by atoms with van der Waals surface area (Å²) in [6.45, 7) is 3.83. The Morgan fingerprint density at radius 1 is 1.00 bits per heavy atom. The second-order valence-corrected chi connectivity index (χ2v) is 6.57. The number of anilines is 1. The number of amides is 2. The van der Waals surface area contributed by atoms with Crippen molar-refractivity contribution in [1.29, 1.82) is 0 Å². The van der Waals surface area contributed by atoms with Gasteiger partial charge in [0.1, 0.15) is 6.04 Å². The number of carbonyl (C=O) groups is 2. The van der Waals surface area contributed by atoms with Gasteiger partial charge < -0.3 is 10.6 Å². The van der Waals surface area contributed by atoms with Crippen LogP contribution in [0, 0.1) is 13.8 Å². The van der Waals surface area contributed by atoms with Gasteiger partial charge in [-0.05, 0) is 37.0 Å². The minimum absolute atomic E-state index is 0.0548. The maximum Gasteiger partial charge on any atom is 0.243 e. The molecule has 4 N–H and O–H groups in total. The molecule has 0 bridgehead atoms. The highest BCUT2D eigenvalue weighted by atomic mass is 16.2. The predicted molar refractivity (Wildman–Crippen MR) is 101 cm³/mol. The number of carbonyl (C=O) groups excluding carboxylic acids is 2. The molecule has 1 fully saturated rings. The number of aryl methyl sites for hydroxylation is 2. The van der Waals surface area contributed by atoms with Crippen molar-refractivity contribution in [2.24, 2.45) is 0 Å². The average molecular weight is 352 g/mol. The van der Waals surface area contributed by atoms with Crippen molar-refractivity contribution in [1.82, 2.24) is 16.2 Å². The molecule has 0 saturated carbocycles. The first-order valence-corrected chi connectivity index (χ1v) is 8.74. The molecule has 1 aliphatic rings. The van der Waals surface area contributed by atoms with E-state index < -0.39 is 0 Å². The molecule has 2 aromatic rings. The van der Waals surface area contributed by atoms with E-state index in [4.69, 9.17) is 0 Å². The van der Waals surface area contributed by atoms with Crippen LogP contribution in [0.2, 0.25) is 0 Å². The average Bonchev–Trinajstić information content (AvgIpc) is 3.14. The van der Waals surface area contributed by atoms with Gasteiger partial charge in [0.05, 0.1) is 6.54 Å². The van der Waals surface area contributed by atoms with Crippen molar-refractivity contribution in [3.63, 3.8) is 0 Å². The molecule has 2 amide bonds. The third-order valence-electron chi connectivity index (χ3n) is 4.59. The molecule has 0 radical (unpaired) electrons. The summed E-state index contributed by atoms with van der Waals surface area (Å²) in [5.41, 5.74) is 10.1. The minimum atomic E-state index is -0.367. The van der Waals surface area contributed by atoms with Gasteiger partial charge in [-0.1, -0.05) is 48.5 Å². The van der Waals surface area contributed by atoms with Crippen molar-refractivity contribution >= 4 is 17.5 Å². The van der Waals surface area contributed by atoms with Crippen LogP contribution in [0.15, 0.2) is 48.5 Å². The topological polar surface area (TPSA) is 82.3 Å². The Morgan fingerprint density at radius 3 is 2.38 bits per heavy atom. The van der Waals surface area contributed by atoms with E-state index in [1.807, 2.05) is 62.4 Å². The van der Waals surface area contributed by atoms with E-state index in [1.165, 1.54) is 0 Å². The first-order valence-electron chi connectivity index (χ1n) is 8.74. The molecule has 2 aromatic carbocycles. The number of benzene rings is 2. The highest BCUT2D eigenvalue weighted by Gasteiger charge is 2.30. The lowest BCUT2D eigenvalue weighted by atomic mass is 10.0. The van der Waals surface area contributed by atoms with Gasteiger partial charge in [-0.15, -0.1) is 0 Å². The van der Waals surface area contributed by atoms with Gasteiger partial charge in [0, 0.05) is 11.7 Å². The Hall–Kier alpha value is -2.70. The molecule has 26 heavy (non-hydrogen) atoms. The van der Waals surface area contributed by atoms with E-state index in [-0.39, 0.29) is 30.4 Å². The molecule has 0 aromatic heterocycles. The van der Waals surface area contributed by atoms with Gasteiger partial charge in [-0.3, -0.25) is 9.59 Å². The van der Waals surface area contributed by atoms with Crippen molar-refractivity contribution in [3.8, 4) is 0 Å². The van der Waals surface area contributed by atoms with Crippen molar-refractivity contribution < 1.29 is 9.59 Å². The summed E-state index contributed by atoms with van der Waals surface area (Å²) in [4.78, 5) is 24.5. The quantitative estimate of drug-likeness (QED) is 0.663. The minimum Gasteiger partial charge on any atom is -0.346 e. The van der Waals surface area contributed by atoms with Crippen LogP contribution < -0.4 is 21.5 Å². The first-order chi connectivity index (χ1) is 12.5.